The lowest BCUT2D eigenvalue weighted by Gasteiger charge is -2.05. The van der Waals surface area contributed by atoms with Gasteiger partial charge in [-0.3, -0.25) is 4.79 Å². The van der Waals surface area contributed by atoms with E-state index >= 15 is 0 Å². The standard InChI is InChI=1S/C26H19Cl2NO3S/c27-21-8-12-24(13-9-21)33(31,32)15-14-26(30)20-3-1-2-18(16-20)4-10-23-11-6-19-5-7-22(28)17-25(19)29-23/h1-13,16-17H,14-15H2/b10-4+. The van der Waals surface area contributed by atoms with E-state index in [-0.39, 0.29) is 22.9 Å². The van der Waals surface area contributed by atoms with Gasteiger partial charge in [-0.15, -0.1) is 0 Å². The first-order valence-electron chi connectivity index (χ1n) is 10.2. The minimum Gasteiger partial charge on any atom is -0.294 e. The van der Waals surface area contributed by atoms with E-state index in [0.29, 0.717) is 15.6 Å². The summed E-state index contributed by atoms with van der Waals surface area (Å²) in [5.74, 6) is -0.502. The van der Waals surface area contributed by atoms with Crippen LogP contribution < -0.4 is 0 Å². The molecule has 0 spiro atoms. The van der Waals surface area contributed by atoms with Crippen LogP contribution in [0, 0.1) is 0 Å². The summed E-state index contributed by atoms with van der Waals surface area (Å²) < 4.78 is 25.0. The molecule has 3 aromatic carbocycles. The number of pyridine rings is 1. The lowest BCUT2D eigenvalue weighted by molar-refractivity contribution is 0.0988. The van der Waals surface area contributed by atoms with Crippen LogP contribution in [0.3, 0.4) is 0 Å². The molecule has 166 valence electrons. The number of sulfone groups is 1. The third-order valence-corrected chi connectivity index (χ3v) is 7.32. The topological polar surface area (TPSA) is 64.1 Å². The molecule has 7 heteroatoms. The predicted octanol–water partition coefficient (Wildman–Crippen LogP) is 6.76. The summed E-state index contributed by atoms with van der Waals surface area (Å²) in [7, 11) is -3.57. The number of Topliss-reactive ketones (excluding diaryl/α,β-unsaturated/α-hetero) is 1. The van der Waals surface area contributed by atoms with E-state index in [1.807, 2.05) is 48.6 Å². The van der Waals surface area contributed by atoms with Crippen LogP contribution in [0.2, 0.25) is 10.0 Å². The van der Waals surface area contributed by atoms with Gasteiger partial charge < -0.3 is 0 Å². The molecule has 4 aromatic rings. The van der Waals surface area contributed by atoms with Crippen molar-refractivity contribution in [2.75, 3.05) is 5.75 Å². The highest BCUT2D eigenvalue weighted by molar-refractivity contribution is 7.91. The number of carbonyl (C=O) groups excluding carboxylic acids is 1. The molecule has 4 nitrogen and oxygen atoms in total. The predicted molar refractivity (Wildman–Crippen MR) is 135 cm³/mol. The van der Waals surface area contributed by atoms with Crippen molar-refractivity contribution in [2.24, 2.45) is 0 Å². The van der Waals surface area contributed by atoms with Crippen molar-refractivity contribution in [2.45, 2.75) is 11.3 Å². The van der Waals surface area contributed by atoms with Crippen LogP contribution >= 0.6 is 23.2 Å². The van der Waals surface area contributed by atoms with E-state index in [9.17, 15) is 13.2 Å². The summed E-state index contributed by atoms with van der Waals surface area (Å²) in [6, 6.07) is 22.4. The Bertz CT molecular complexity index is 1460. The number of hydrogen-bond acceptors (Lipinski definition) is 4. The molecule has 1 aromatic heterocycles. The molecule has 0 unspecified atom stereocenters. The molecule has 0 N–H and O–H groups in total. The van der Waals surface area contributed by atoms with E-state index in [4.69, 9.17) is 23.2 Å². The second-order valence-corrected chi connectivity index (χ2v) is 10.5. The van der Waals surface area contributed by atoms with Gasteiger partial charge in [0, 0.05) is 27.4 Å². The molecule has 0 radical (unpaired) electrons. The van der Waals surface area contributed by atoms with Crippen molar-refractivity contribution in [1.82, 2.24) is 4.98 Å². The van der Waals surface area contributed by atoms with Crippen molar-refractivity contribution < 1.29 is 13.2 Å². The normalized spacial score (nSPS) is 11.8. The van der Waals surface area contributed by atoms with Crippen molar-refractivity contribution in [3.63, 3.8) is 0 Å². The highest BCUT2D eigenvalue weighted by atomic mass is 35.5. The number of aromatic nitrogens is 1. The molecule has 0 amide bonds. The number of halogens is 2. The third kappa shape index (κ3) is 5.88. The third-order valence-electron chi connectivity index (χ3n) is 5.10. The van der Waals surface area contributed by atoms with Gasteiger partial charge in [-0.2, -0.15) is 0 Å². The van der Waals surface area contributed by atoms with Gasteiger partial charge in [-0.05, 0) is 60.2 Å². The van der Waals surface area contributed by atoms with Gasteiger partial charge in [-0.1, -0.05) is 59.6 Å². The number of carbonyl (C=O) groups is 1. The number of hydrogen-bond donors (Lipinski definition) is 0. The van der Waals surface area contributed by atoms with Crippen LogP contribution in [-0.2, 0) is 9.84 Å². The smallest absolute Gasteiger partial charge is 0.178 e. The molecule has 4 rings (SSSR count). The molecule has 0 aliphatic carbocycles. The zero-order valence-corrected chi connectivity index (χ0v) is 19.7. The summed E-state index contributed by atoms with van der Waals surface area (Å²) in [4.78, 5) is 17.4. The molecule has 0 fully saturated rings. The van der Waals surface area contributed by atoms with Crippen molar-refractivity contribution in [1.29, 1.82) is 0 Å². The van der Waals surface area contributed by atoms with E-state index < -0.39 is 9.84 Å². The number of rotatable bonds is 7. The van der Waals surface area contributed by atoms with E-state index in [1.54, 1.807) is 18.2 Å². The van der Waals surface area contributed by atoms with E-state index in [2.05, 4.69) is 4.98 Å². The summed E-state index contributed by atoms with van der Waals surface area (Å²) in [5.41, 5.74) is 2.84. The van der Waals surface area contributed by atoms with E-state index in [1.165, 1.54) is 24.3 Å². The first-order chi connectivity index (χ1) is 15.8. The first kappa shape index (κ1) is 23.2. The molecule has 1 heterocycles. The Morgan fingerprint density at radius 3 is 2.36 bits per heavy atom. The lowest BCUT2D eigenvalue weighted by Crippen LogP contribution is -2.11. The van der Waals surface area contributed by atoms with E-state index in [0.717, 1.165) is 22.2 Å². The van der Waals surface area contributed by atoms with Crippen LogP contribution in [0.1, 0.15) is 28.0 Å². The fourth-order valence-electron chi connectivity index (χ4n) is 3.33. The van der Waals surface area contributed by atoms with Crippen molar-refractivity contribution >= 4 is 61.9 Å². The van der Waals surface area contributed by atoms with Gasteiger partial charge >= 0.3 is 0 Å². The maximum Gasteiger partial charge on any atom is 0.178 e. The SMILES string of the molecule is O=C(CCS(=O)(=O)c1ccc(Cl)cc1)c1cccc(/C=C/c2ccc3ccc(Cl)cc3n2)c1. The molecule has 0 aliphatic rings. The summed E-state index contributed by atoms with van der Waals surface area (Å²) in [6.45, 7) is 0. The summed E-state index contributed by atoms with van der Waals surface area (Å²) in [6.07, 6.45) is 3.61. The molecule has 0 saturated carbocycles. The van der Waals surface area contributed by atoms with Gasteiger partial charge in [0.1, 0.15) is 0 Å². The molecule has 0 aliphatic heterocycles. The average molecular weight is 496 g/mol. The average Bonchev–Trinajstić information content (AvgIpc) is 2.81. The van der Waals surface area contributed by atoms with Gasteiger partial charge in [0.05, 0.1) is 21.9 Å². The maximum atomic E-state index is 12.6. The Hall–Kier alpha value is -2.99. The highest BCUT2D eigenvalue weighted by Gasteiger charge is 2.17. The Balaban J connectivity index is 1.46. The Kier molecular flexibility index (Phi) is 6.94. The lowest BCUT2D eigenvalue weighted by atomic mass is 10.1. The Morgan fingerprint density at radius 1 is 0.848 bits per heavy atom. The second kappa shape index (κ2) is 9.87. The molecule has 0 saturated heterocycles. The molecule has 33 heavy (non-hydrogen) atoms. The number of fused-ring (bicyclic) bond motifs is 1. The minimum absolute atomic E-state index is 0.106. The van der Waals surface area contributed by atoms with Crippen LogP contribution in [0.15, 0.2) is 83.8 Å². The fraction of sp³-hybridized carbons (Fsp3) is 0.0769. The summed E-state index contributed by atoms with van der Waals surface area (Å²) >= 11 is 11.9. The maximum absolute atomic E-state index is 12.6. The van der Waals surface area contributed by atoms with Crippen LogP contribution in [0.25, 0.3) is 23.1 Å². The number of nitrogens with zero attached hydrogens (tertiary/aromatic N) is 1. The zero-order chi connectivity index (χ0) is 23.4. The van der Waals surface area contributed by atoms with Gasteiger partial charge in [0.25, 0.3) is 0 Å². The highest BCUT2D eigenvalue weighted by Crippen LogP contribution is 2.20. The Labute approximate surface area is 202 Å². The number of benzene rings is 3. The number of ketones is 1. The monoisotopic (exact) mass is 495 g/mol. The zero-order valence-electron chi connectivity index (χ0n) is 17.4. The molecule has 0 atom stereocenters. The van der Waals surface area contributed by atoms with Crippen LogP contribution in [0.4, 0.5) is 0 Å². The van der Waals surface area contributed by atoms with Gasteiger partial charge in [-0.25, -0.2) is 13.4 Å². The fourth-order valence-corrected chi connectivity index (χ4v) is 4.86. The van der Waals surface area contributed by atoms with Gasteiger partial charge in [0.2, 0.25) is 0 Å². The summed E-state index contributed by atoms with van der Waals surface area (Å²) in [5, 5.41) is 2.08. The largest absolute Gasteiger partial charge is 0.294 e. The second-order valence-electron chi connectivity index (χ2n) is 7.48. The quantitative estimate of drug-likeness (QED) is 0.265. The van der Waals surface area contributed by atoms with Gasteiger partial charge in [0.15, 0.2) is 15.6 Å². The first-order valence-corrected chi connectivity index (χ1v) is 12.6. The molecular weight excluding hydrogens is 477 g/mol. The van der Waals surface area contributed by atoms with Crippen molar-refractivity contribution in [3.05, 3.63) is 106 Å². The Morgan fingerprint density at radius 2 is 1.58 bits per heavy atom. The van der Waals surface area contributed by atoms with Crippen LogP contribution in [0.5, 0.6) is 0 Å². The van der Waals surface area contributed by atoms with Crippen LogP contribution in [-0.4, -0.2) is 24.9 Å². The van der Waals surface area contributed by atoms with Crippen molar-refractivity contribution in [3.8, 4) is 0 Å². The molecule has 0 bridgehead atoms. The molecular formula is C26H19Cl2NO3S. The minimum atomic E-state index is -3.57.